The molecule has 454 valence electrons. The fourth-order valence-corrected chi connectivity index (χ4v) is 13.0. The number of piperazine rings is 2. The van der Waals surface area contributed by atoms with E-state index in [0.717, 1.165) is 22.5 Å². The molecule has 2 aromatic carbocycles. The number of carbonyl (C=O) groups excluding carboxylic acids is 4. The number of nitrogens with zero attached hydrogens (tertiary/aromatic N) is 7. The number of pyridine rings is 2. The van der Waals surface area contributed by atoms with Gasteiger partial charge in [0.25, 0.3) is 17.0 Å². The monoisotopic (exact) mass is 1160 g/mol. The number of rotatable bonds is 18. The predicted octanol–water partition coefficient (Wildman–Crippen LogP) is 2.16. The minimum atomic E-state index is -0.680. The molecule has 0 bridgehead atoms. The van der Waals surface area contributed by atoms with Crippen LogP contribution in [0, 0.1) is 11.6 Å². The Balaban J connectivity index is 0.676. The van der Waals surface area contributed by atoms with Crippen LogP contribution in [0.15, 0.2) is 70.3 Å². The maximum atomic E-state index is 14.4. The van der Waals surface area contributed by atoms with Gasteiger partial charge in [-0.05, 0) is 67.8 Å². The summed E-state index contributed by atoms with van der Waals surface area (Å²) in [6, 6.07) is 16.1. The van der Waals surface area contributed by atoms with E-state index < -0.39 is 23.0 Å². The number of halogens is 2. The standard InChI is InChI=1S/C62H84F2N12O8/c1-39-29-73(35-53(77)75-37-61(3,4)55-49(75)25-43(57(79)68-55)23-41-9-13-45(63)14-10-41)47(27-66-39)31-71-19-21-83-51(33-71)59(81)65-17-8-18-70(7)60(82)52-34-72(20-22-84-52)32-48-28-67-40(2)30-74(48)36-54(78)76-38-62(5,6)56-50(76)26-44(58(80)69-56)24-42-11-15-46(64)16-12-42/h9-16,25-26,39-40,47-48,51-52,66-67H,8,17-24,27-38H2,1-7H3,(H,65,81)(H,68,79)(H,69,80)/t39-,40-,47-,48-,51+,52+/m1/s1. The Morgan fingerprint density at radius 1 is 0.655 bits per heavy atom. The van der Waals surface area contributed by atoms with Crippen molar-refractivity contribution in [1.82, 2.24) is 50.4 Å². The summed E-state index contributed by atoms with van der Waals surface area (Å²) in [4.78, 5) is 103. The molecule has 84 heavy (non-hydrogen) atoms. The third-order valence-electron chi connectivity index (χ3n) is 17.7. The van der Waals surface area contributed by atoms with Crippen molar-refractivity contribution in [2.24, 2.45) is 0 Å². The highest BCUT2D eigenvalue weighted by Gasteiger charge is 2.43. The first kappa shape index (κ1) is 60.9. The number of benzene rings is 2. The molecule has 5 N–H and O–H groups in total. The van der Waals surface area contributed by atoms with Gasteiger partial charge in [-0.3, -0.25) is 48.4 Å². The van der Waals surface area contributed by atoms with Gasteiger partial charge in [-0.2, -0.15) is 0 Å². The molecule has 22 heteroatoms. The number of ether oxygens (including phenoxy) is 2. The van der Waals surface area contributed by atoms with Gasteiger partial charge < -0.3 is 50.1 Å². The van der Waals surface area contributed by atoms with Crippen LogP contribution in [-0.4, -0.2) is 219 Å². The molecular formula is C62H84F2N12O8. The van der Waals surface area contributed by atoms with E-state index in [4.69, 9.17) is 9.47 Å². The minimum Gasteiger partial charge on any atom is -0.366 e. The van der Waals surface area contributed by atoms with Gasteiger partial charge in [-0.25, -0.2) is 8.78 Å². The SMILES string of the molecule is C[C@@H]1CN(CC(=O)N2CC(C)(C)c3[nH]c(=O)c(Cc4ccc(F)cc4)cc32)[C@@H](CN2CCO[C@H](C(=O)NCCCN(C)C(=O)[C@@H]3CN(C[C@H]4CN[C@H](C)CN4CC(=O)N4CC(C)(C)c5[nH]c(=O)c(Cc6ccc(F)cc6)cc54)CCO3)C2)CN1. The van der Waals surface area contributed by atoms with Crippen LogP contribution in [0.1, 0.15) is 81.6 Å². The molecule has 4 aromatic rings. The summed E-state index contributed by atoms with van der Waals surface area (Å²) in [6.45, 7) is 21.0. The third-order valence-corrected chi connectivity index (χ3v) is 17.7. The number of carbonyl (C=O) groups is 4. The number of aromatic nitrogens is 2. The molecule has 8 heterocycles. The fraction of sp³-hybridized carbons (Fsp3) is 0.581. The number of amides is 4. The highest BCUT2D eigenvalue weighted by molar-refractivity contribution is 5.98. The predicted molar refractivity (Wildman–Crippen MR) is 317 cm³/mol. The maximum Gasteiger partial charge on any atom is 0.252 e. The Bertz CT molecular complexity index is 3160. The van der Waals surface area contributed by atoms with Crippen molar-refractivity contribution in [1.29, 1.82) is 0 Å². The van der Waals surface area contributed by atoms with E-state index >= 15 is 0 Å². The lowest BCUT2D eigenvalue weighted by Gasteiger charge is -2.43. The lowest BCUT2D eigenvalue weighted by molar-refractivity contribution is -0.148. The van der Waals surface area contributed by atoms with Gasteiger partial charge in [-0.15, -0.1) is 0 Å². The topological polar surface area (TPSA) is 211 Å². The largest absolute Gasteiger partial charge is 0.366 e. The van der Waals surface area contributed by atoms with E-state index in [1.165, 1.54) is 24.3 Å². The van der Waals surface area contributed by atoms with Crippen molar-refractivity contribution in [3.8, 4) is 0 Å². The molecule has 0 aliphatic carbocycles. The molecule has 0 radical (unpaired) electrons. The maximum absolute atomic E-state index is 14.4. The summed E-state index contributed by atoms with van der Waals surface area (Å²) < 4.78 is 39.4. The van der Waals surface area contributed by atoms with Gasteiger partial charge in [0.05, 0.1) is 37.7 Å². The number of H-pyrrole nitrogens is 2. The van der Waals surface area contributed by atoms with Crippen molar-refractivity contribution >= 4 is 35.0 Å². The summed E-state index contributed by atoms with van der Waals surface area (Å²) in [6.07, 6.45) is -0.209. The Morgan fingerprint density at radius 3 is 1.56 bits per heavy atom. The van der Waals surface area contributed by atoms with Crippen molar-refractivity contribution in [3.05, 3.63) is 127 Å². The second-order valence-electron chi connectivity index (χ2n) is 25.5. The number of morpholine rings is 2. The first-order valence-corrected chi connectivity index (χ1v) is 29.9. The van der Waals surface area contributed by atoms with E-state index in [-0.39, 0.29) is 83.6 Å². The fourth-order valence-electron chi connectivity index (χ4n) is 13.0. The highest BCUT2D eigenvalue weighted by atomic mass is 19.1. The van der Waals surface area contributed by atoms with Crippen LogP contribution in [-0.2, 0) is 52.3 Å². The van der Waals surface area contributed by atoms with Gasteiger partial charge in [0.1, 0.15) is 23.8 Å². The Labute approximate surface area is 490 Å². The first-order valence-electron chi connectivity index (χ1n) is 29.9. The first-order chi connectivity index (χ1) is 40.1. The molecular weight excluding hydrogens is 1080 g/mol. The molecule has 20 nitrogen and oxygen atoms in total. The van der Waals surface area contributed by atoms with Crippen molar-refractivity contribution in [3.63, 3.8) is 0 Å². The average molecular weight is 1160 g/mol. The zero-order valence-corrected chi connectivity index (χ0v) is 49.7. The number of hydrogen-bond donors (Lipinski definition) is 5. The van der Waals surface area contributed by atoms with Gasteiger partial charge in [0, 0.05) is 169 Å². The van der Waals surface area contributed by atoms with E-state index in [1.807, 2.05) is 39.8 Å². The lowest BCUT2D eigenvalue weighted by atomic mass is 9.91. The third kappa shape index (κ3) is 14.2. The number of aromatic amines is 2. The zero-order valence-electron chi connectivity index (χ0n) is 49.7. The van der Waals surface area contributed by atoms with Crippen LogP contribution in [0.3, 0.4) is 0 Å². The molecule has 0 spiro atoms. The molecule has 0 saturated carbocycles. The Hall–Kier alpha value is -6.24. The van der Waals surface area contributed by atoms with E-state index in [1.54, 1.807) is 46.0 Å². The average Bonchev–Trinajstić information content (AvgIpc) is 3.14. The molecule has 6 aliphatic rings. The van der Waals surface area contributed by atoms with Gasteiger partial charge in [-0.1, -0.05) is 52.0 Å². The summed E-state index contributed by atoms with van der Waals surface area (Å²) in [5.74, 6) is -1.16. The number of nitrogens with one attached hydrogen (secondary N) is 5. The van der Waals surface area contributed by atoms with Crippen LogP contribution >= 0.6 is 0 Å². The van der Waals surface area contributed by atoms with Crippen LogP contribution in [0.25, 0.3) is 0 Å². The summed E-state index contributed by atoms with van der Waals surface area (Å²) in [5, 5.41) is 10.2. The lowest BCUT2D eigenvalue weighted by Crippen LogP contribution is -2.62. The number of fused-ring (bicyclic) bond motifs is 2. The van der Waals surface area contributed by atoms with E-state index in [0.29, 0.717) is 147 Å². The molecule has 10 rings (SSSR count). The second-order valence-corrected chi connectivity index (χ2v) is 25.5. The Morgan fingerprint density at radius 2 is 1.10 bits per heavy atom. The van der Waals surface area contributed by atoms with Crippen molar-refractivity contribution in [2.45, 2.75) is 108 Å². The quantitative estimate of drug-likeness (QED) is 0.0906. The van der Waals surface area contributed by atoms with Crippen molar-refractivity contribution < 1.29 is 37.4 Å². The van der Waals surface area contributed by atoms with Gasteiger partial charge >= 0.3 is 0 Å². The van der Waals surface area contributed by atoms with Gasteiger partial charge in [0.2, 0.25) is 17.7 Å². The molecule has 6 aliphatic heterocycles. The van der Waals surface area contributed by atoms with Crippen LogP contribution in [0.5, 0.6) is 0 Å². The molecule has 0 unspecified atom stereocenters. The summed E-state index contributed by atoms with van der Waals surface area (Å²) in [5.41, 5.74) is 4.06. The molecule has 6 atom stereocenters. The number of hydrogen-bond acceptors (Lipinski definition) is 14. The smallest absolute Gasteiger partial charge is 0.252 e. The van der Waals surface area contributed by atoms with E-state index in [9.17, 15) is 37.5 Å². The second kappa shape index (κ2) is 25.8. The van der Waals surface area contributed by atoms with Crippen LogP contribution in [0.4, 0.5) is 20.2 Å². The highest BCUT2D eigenvalue weighted by Crippen LogP contribution is 2.40. The van der Waals surface area contributed by atoms with Gasteiger partial charge in [0.15, 0.2) is 0 Å². The number of anilines is 2. The summed E-state index contributed by atoms with van der Waals surface area (Å²) in [7, 11) is 1.76. The minimum absolute atomic E-state index is 0.0150. The molecule has 4 amide bonds. The molecule has 4 saturated heterocycles. The Kier molecular flexibility index (Phi) is 18.7. The van der Waals surface area contributed by atoms with E-state index in [2.05, 4.69) is 59.4 Å². The summed E-state index contributed by atoms with van der Waals surface area (Å²) >= 11 is 0. The normalized spacial score (nSPS) is 24.6. The zero-order chi connectivity index (χ0) is 59.6. The molecule has 4 fully saturated rings. The van der Waals surface area contributed by atoms with Crippen LogP contribution < -0.4 is 36.9 Å². The van der Waals surface area contributed by atoms with Crippen molar-refractivity contribution in [2.75, 3.05) is 135 Å². The molecule has 2 aromatic heterocycles. The number of likely N-dealkylation sites (N-methyl/N-ethyl adjacent to an activating group) is 1. The van der Waals surface area contributed by atoms with Crippen LogP contribution in [0.2, 0.25) is 0 Å².